The number of carbonyl (C=O) groups excluding carboxylic acids is 5. The number of aromatic carboxylic acids is 3. The minimum atomic E-state index is -4.92. The maximum atomic E-state index is 13.4. The Kier molecular flexibility index (Phi) is 32.5. The molecule has 0 saturated heterocycles. The highest BCUT2D eigenvalue weighted by atomic mass is 35.5. The van der Waals surface area contributed by atoms with Crippen LogP contribution in [0.4, 0.5) is 35.9 Å². The molecule has 0 spiro atoms. The molecule has 140 heavy (non-hydrogen) atoms. The third-order valence-corrected chi connectivity index (χ3v) is 25.6. The third kappa shape index (κ3) is 26.6. The van der Waals surface area contributed by atoms with Crippen LogP contribution >= 0.6 is 46.4 Å². The molecule has 4 aliphatic rings. The molecule has 4 unspecified atom stereocenters. The van der Waals surface area contributed by atoms with Crippen molar-refractivity contribution in [1.82, 2.24) is 4.98 Å². The fourth-order valence-corrected chi connectivity index (χ4v) is 17.2. The van der Waals surface area contributed by atoms with Gasteiger partial charge in [-0.3, -0.25) is 24.0 Å². The Hall–Kier alpha value is -14.6. The van der Waals surface area contributed by atoms with E-state index in [9.17, 15) is 82.6 Å². The Morgan fingerprint density at radius 1 is 0.414 bits per heavy atom. The number of hydrogen-bond acceptors (Lipinski definition) is 17. The molecule has 28 nitrogen and oxygen atoms in total. The predicted molar refractivity (Wildman–Crippen MR) is 522 cm³/mol. The summed E-state index contributed by atoms with van der Waals surface area (Å²) >= 11 is 24.5. The fourth-order valence-electron chi connectivity index (χ4n) is 16.5. The van der Waals surface area contributed by atoms with Crippen LogP contribution in [0.5, 0.6) is 5.75 Å². The summed E-state index contributed by atoms with van der Waals surface area (Å²) in [6.07, 6.45) is 13.7. The van der Waals surface area contributed by atoms with E-state index < -0.39 is 59.6 Å². The molecule has 0 bridgehead atoms. The summed E-state index contributed by atoms with van der Waals surface area (Å²) in [5.74, 6) is -5.62. The highest BCUT2D eigenvalue weighted by Gasteiger charge is 2.41. The van der Waals surface area contributed by atoms with E-state index in [1.165, 1.54) is 92.6 Å². The minimum Gasteiger partial charge on any atom is -0.618 e. The van der Waals surface area contributed by atoms with Crippen LogP contribution in [0.1, 0.15) is 194 Å². The van der Waals surface area contributed by atoms with Crippen LogP contribution in [0, 0.1) is 58.3 Å². The first kappa shape index (κ1) is 101. The summed E-state index contributed by atoms with van der Waals surface area (Å²) < 4.78 is 50.9. The number of rotatable bonds is 32. The number of halogens is 7. The number of amides is 4. The molecule has 4 aliphatic carbocycles. The van der Waals surface area contributed by atoms with Crippen molar-refractivity contribution < 1.29 is 94.9 Å². The largest absolute Gasteiger partial charge is 0.618 e. The molecule has 722 valence electrons. The summed E-state index contributed by atoms with van der Waals surface area (Å²) in [4.78, 5) is 102. The average molecular weight is 1980 g/mol. The van der Waals surface area contributed by atoms with Crippen molar-refractivity contribution in [2.24, 2.45) is 35.1 Å². The van der Waals surface area contributed by atoms with Crippen molar-refractivity contribution in [2.45, 2.75) is 141 Å². The molecule has 5 heterocycles. The number of Topliss-reactive ketones (excluding diaryl/α,β-unsaturated/α-hetero) is 1. The van der Waals surface area contributed by atoms with Crippen molar-refractivity contribution >= 4 is 116 Å². The van der Waals surface area contributed by atoms with Crippen molar-refractivity contribution in [3.05, 3.63) is 352 Å². The Morgan fingerprint density at radius 3 is 1.05 bits per heavy atom. The first-order chi connectivity index (χ1) is 66.9. The highest BCUT2D eigenvalue weighted by molar-refractivity contribution is 6.32. The summed E-state index contributed by atoms with van der Waals surface area (Å²) in [5.41, 5.74) is 23.8. The lowest BCUT2D eigenvalue weighted by Crippen LogP contribution is -2.37. The summed E-state index contributed by atoms with van der Waals surface area (Å²) in [6, 6.07) is 54.6. The molecule has 4 saturated carbocycles. The predicted octanol–water partition coefficient (Wildman–Crippen LogP) is 21.0. The van der Waals surface area contributed by atoms with Crippen LogP contribution in [0.3, 0.4) is 0 Å². The van der Waals surface area contributed by atoms with Gasteiger partial charge < -0.3 is 78.0 Å². The van der Waals surface area contributed by atoms with E-state index in [0.717, 1.165) is 106 Å². The van der Waals surface area contributed by atoms with Gasteiger partial charge in [-0.2, -0.15) is 18.9 Å². The van der Waals surface area contributed by atoms with E-state index in [2.05, 4.69) is 31.0 Å². The van der Waals surface area contributed by atoms with Crippen LogP contribution in [0.25, 0.3) is 55.8 Å². The lowest BCUT2D eigenvalue weighted by molar-refractivity contribution is -0.614. The Morgan fingerprint density at radius 2 is 0.736 bits per heavy atom. The van der Waals surface area contributed by atoms with Crippen molar-refractivity contribution in [3.8, 4) is 61.6 Å². The SMILES string of the molecule is CC(=O)c1ccc(NC(=O)C(CC2CC2)c2ccc(-c3cc(Cl)ccc3OC(F)(F)F)c[n+]2[O-])cc1.Cc1cc(NC(=O)C(CC2CC2)c2ccc(-c3cc(Cl)ccc3-c3cnco3)c[n+]2[O-])ccc1C(=O)O.Cc1cc(NC(=O)C(CC2CC2)c2ccc(-c3cc(Cl)ccc3CN)c[n+]2[O-])ccc1C(=O)O.NCc1ccc(Cl)cc1-c1ccc(C(CC2CC2)C(=O)Nc2ccc(C(=O)O)cc2)[n+]([O-])c1. The molecular weight excluding hydrogens is 1890 g/mol. The summed E-state index contributed by atoms with van der Waals surface area (Å²) in [5, 5.41) is 93.0. The van der Waals surface area contributed by atoms with Crippen LogP contribution in [-0.4, -0.2) is 74.0 Å². The molecule has 4 atom stereocenters. The lowest BCUT2D eigenvalue weighted by atomic mass is 9.94. The molecule has 35 heteroatoms. The molecule has 13 aromatic rings. The quantitative estimate of drug-likeness (QED) is 0.0107. The summed E-state index contributed by atoms with van der Waals surface area (Å²) in [7, 11) is 0. The van der Waals surface area contributed by atoms with Crippen molar-refractivity contribution in [3.63, 3.8) is 0 Å². The number of aromatic nitrogens is 5. The van der Waals surface area contributed by atoms with E-state index in [4.69, 9.17) is 67.4 Å². The first-order valence-electron chi connectivity index (χ1n) is 44.9. The number of carboxylic acid groups (broad SMARTS) is 3. The summed E-state index contributed by atoms with van der Waals surface area (Å²) in [6.45, 7) is 5.41. The lowest BCUT2D eigenvalue weighted by Gasteiger charge is -2.18. The van der Waals surface area contributed by atoms with Crippen LogP contribution < -0.4 is 56.4 Å². The normalized spacial score (nSPS) is 14.0. The van der Waals surface area contributed by atoms with E-state index in [1.54, 1.807) is 129 Å². The minimum absolute atomic E-state index is 0.00951. The van der Waals surface area contributed by atoms with E-state index >= 15 is 0 Å². The number of oxazole rings is 1. The topological polar surface area (TPSA) is 440 Å². The van der Waals surface area contributed by atoms with Crippen molar-refractivity contribution in [1.29, 1.82) is 0 Å². The monoisotopic (exact) mass is 1980 g/mol. The van der Waals surface area contributed by atoms with Gasteiger partial charge in [0.05, 0.1) is 28.5 Å². The molecular formula is C105H96Cl4F3N11O17. The van der Waals surface area contributed by atoms with Crippen molar-refractivity contribution in [2.75, 3.05) is 21.3 Å². The standard InChI is InChI=1S/C28H24ClN3O5.C26H22ClF3N2O4.C26H26ClN3O4.C25H24ClN3O4/c1-16-10-20(6-8-21(16)28(34)35)31-27(33)24(11-17-2-3-17)25-9-4-18(14-32(25)36)23-12-19(29)5-7-22(23)26-13-30-15-37-26;1-15(33)17-4-8-20(9-5-17)31-25(34)22(12-16-2-3-16)23-10-6-18(14-32(23)35)21-13-19(27)7-11-24(21)36-26(28,29)30;1-15-10-20(7-8-21(15)26(32)33)29-25(31)23(11-16-2-3-16)24-9-5-18(14-30(24)34)22-12-19(27)6-4-17(22)13-28;26-19-7-3-17(13-27)21(12-19)18-6-10-23(29(33)14-18)22(11-15-1-2-15)24(30)28-20-8-4-16(5-9-20)25(31)32/h4-10,12-15,17,24H,2-3,11H2,1H3,(H,31,33)(H,34,35);4-11,13-14,16,22H,2-3,12H2,1H3,(H,31,34);4-10,12,14,16,23H,2-3,11,13,28H2,1H3,(H,29,31)(H,32,33);3-10,12,14-15,22H,1-2,11,13,27H2,(H,28,30)(H,31,32). The number of alkyl halides is 3. The molecule has 5 aromatic heterocycles. The highest BCUT2D eigenvalue weighted by Crippen LogP contribution is 2.45. The number of carbonyl (C=O) groups is 8. The zero-order valence-electron chi connectivity index (χ0n) is 75.7. The third-order valence-electron chi connectivity index (χ3n) is 24.6. The van der Waals surface area contributed by atoms with E-state index in [1.807, 2.05) is 30.3 Å². The number of benzene rings is 8. The van der Waals surface area contributed by atoms with Gasteiger partial charge in [0.15, 0.2) is 42.7 Å². The van der Waals surface area contributed by atoms with Gasteiger partial charge in [-0.05, 0) is 273 Å². The average Bonchev–Trinajstić information content (AvgIpc) is 1.09. The number of aryl methyl sites for hydroxylation is 2. The zero-order chi connectivity index (χ0) is 100. The molecule has 4 fully saturated rings. The smallest absolute Gasteiger partial charge is 0.573 e. The second kappa shape index (κ2) is 44.9. The maximum absolute atomic E-state index is 13.4. The van der Waals surface area contributed by atoms with Gasteiger partial charge in [-0.25, -0.2) is 19.4 Å². The molecule has 0 radical (unpaired) electrons. The number of pyridine rings is 4. The second-order valence-electron chi connectivity index (χ2n) is 35.0. The zero-order valence-corrected chi connectivity index (χ0v) is 78.7. The fraction of sp³-hybridized carbons (Fsp3) is 0.248. The first-order valence-corrected chi connectivity index (χ1v) is 46.4. The van der Waals surface area contributed by atoms with Gasteiger partial charge in [0, 0.05) is 119 Å². The van der Waals surface area contributed by atoms with Gasteiger partial charge in [0.2, 0.25) is 46.4 Å². The number of nitrogens with zero attached hydrogens (tertiary/aromatic N) is 5. The van der Waals surface area contributed by atoms with Gasteiger partial charge >= 0.3 is 24.3 Å². The number of nitrogens with one attached hydrogen (secondary N) is 4. The van der Waals surface area contributed by atoms with Gasteiger partial charge in [0.25, 0.3) is 0 Å². The van der Waals surface area contributed by atoms with E-state index in [0.29, 0.717) is 167 Å². The Labute approximate surface area is 822 Å². The Balaban J connectivity index is 0.000000149. The molecule has 17 rings (SSSR count). The molecule has 11 N–H and O–H groups in total. The van der Waals surface area contributed by atoms with Crippen LogP contribution in [0.15, 0.2) is 248 Å². The van der Waals surface area contributed by atoms with Gasteiger partial charge in [0.1, 0.15) is 29.4 Å². The van der Waals surface area contributed by atoms with E-state index in [-0.39, 0.29) is 62.0 Å². The van der Waals surface area contributed by atoms with Gasteiger partial charge in [-0.1, -0.05) is 110 Å². The maximum Gasteiger partial charge on any atom is 0.573 e. The number of anilines is 4. The van der Waals surface area contributed by atoms with Crippen LogP contribution in [0.2, 0.25) is 20.1 Å². The molecule has 4 amide bonds. The number of nitrogens with two attached hydrogens (primary N) is 2. The number of ketones is 1. The molecule has 8 aromatic carbocycles. The number of hydrogen-bond donors (Lipinski definition) is 9. The molecule has 0 aliphatic heterocycles. The van der Waals surface area contributed by atoms with Crippen LogP contribution in [-0.2, 0) is 32.3 Å². The number of carboxylic acids is 3. The van der Waals surface area contributed by atoms with Gasteiger partial charge in [-0.15, -0.1) is 13.2 Å². The Bertz CT molecular complexity index is 6840. The number of ether oxygens (including phenoxy) is 1. The second-order valence-corrected chi connectivity index (χ2v) is 36.7.